The molecule has 0 aromatic heterocycles. The zero-order valence-corrected chi connectivity index (χ0v) is 18.5. The summed E-state index contributed by atoms with van der Waals surface area (Å²) in [6.45, 7) is 12.5. The molecule has 0 radical (unpaired) electrons. The Hall–Kier alpha value is -2.34. The van der Waals surface area contributed by atoms with E-state index < -0.39 is 11.9 Å². The van der Waals surface area contributed by atoms with Gasteiger partial charge in [0.1, 0.15) is 0 Å². The smallest absolute Gasteiger partial charge is 0.347 e. The van der Waals surface area contributed by atoms with Crippen LogP contribution in [0.2, 0.25) is 0 Å². The normalized spacial score (nSPS) is 17.9. The zero-order chi connectivity index (χ0) is 21.7. The van der Waals surface area contributed by atoms with Crippen molar-refractivity contribution >= 4 is 17.6 Å². The van der Waals surface area contributed by atoms with Crippen molar-refractivity contribution < 1.29 is 19.1 Å². The highest BCUT2D eigenvalue weighted by Crippen LogP contribution is 2.34. The Labute approximate surface area is 174 Å². The number of nitrogens with zero attached hydrogens (tertiary/aromatic N) is 1. The molecule has 6 nitrogen and oxygen atoms in total. The highest BCUT2D eigenvalue weighted by Gasteiger charge is 2.40. The number of carbonyl (C=O) groups excluding carboxylic acids is 2. The molecule has 1 aromatic rings. The number of hydrogen-bond acceptors (Lipinski definition) is 6. The van der Waals surface area contributed by atoms with Crippen LogP contribution in [0, 0.1) is 0 Å². The number of carbonyl (C=O) groups is 2. The van der Waals surface area contributed by atoms with E-state index in [1.54, 1.807) is 20.0 Å². The Morgan fingerprint density at radius 1 is 1.00 bits per heavy atom. The van der Waals surface area contributed by atoms with Gasteiger partial charge in [0.25, 0.3) is 0 Å². The predicted molar refractivity (Wildman–Crippen MR) is 115 cm³/mol. The van der Waals surface area contributed by atoms with Crippen LogP contribution in [0.5, 0.6) is 0 Å². The summed E-state index contributed by atoms with van der Waals surface area (Å²) < 4.78 is 10.3. The van der Waals surface area contributed by atoms with Gasteiger partial charge in [0.2, 0.25) is 0 Å². The third-order valence-corrected chi connectivity index (χ3v) is 4.88. The average molecular weight is 403 g/mol. The molecular weight excluding hydrogens is 368 g/mol. The molecule has 1 saturated heterocycles. The Morgan fingerprint density at radius 2 is 1.48 bits per heavy atom. The van der Waals surface area contributed by atoms with E-state index in [9.17, 15) is 9.59 Å². The van der Waals surface area contributed by atoms with Gasteiger partial charge in [0.15, 0.2) is 5.57 Å². The lowest BCUT2D eigenvalue weighted by Crippen LogP contribution is -2.61. The van der Waals surface area contributed by atoms with Crippen molar-refractivity contribution in [3.8, 4) is 0 Å². The molecule has 1 heterocycles. The number of anilines is 1. The lowest BCUT2D eigenvalue weighted by atomic mass is 9.79. The standard InChI is InChI=1S/C23H34N2O4/c1-7-28-20(26)19(21(27)29-8-2)16-25(17-12-10-9-11-13-17)18-14-22(3,4)24-23(5,6)15-18/h9-13,16,18,24H,7-8,14-15H2,1-6H3. The van der Waals surface area contributed by atoms with Crippen LogP contribution in [0.1, 0.15) is 54.4 Å². The van der Waals surface area contributed by atoms with E-state index >= 15 is 0 Å². The molecule has 0 atom stereocenters. The molecule has 0 saturated carbocycles. The van der Waals surface area contributed by atoms with E-state index in [4.69, 9.17) is 9.47 Å². The highest BCUT2D eigenvalue weighted by atomic mass is 16.6. The van der Waals surface area contributed by atoms with E-state index in [0.29, 0.717) is 0 Å². The lowest BCUT2D eigenvalue weighted by molar-refractivity contribution is -0.146. The number of ether oxygens (including phenoxy) is 2. The van der Waals surface area contributed by atoms with Crippen LogP contribution in [-0.2, 0) is 19.1 Å². The molecule has 0 aliphatic carbocycles. The molecule has 1 N–H and O–H groups in total. The third-order valence-electron chi connectivity index (χ3n) is 4.88. The molecule has 1 aromatic carbocycles. The van der Waals surface area contributed by atoms with Crippen LogP contribution in [0.4, 0.5) is 5.69 Å². The van der Waals surface area contributed by atoms with E-state index in [0.717, 1.165) is 18.5 Å². The van der Waals surface area contributed by atoms with Crippen molar-refractivity contribution in [2.45, 2.75) is 71.5 Å². The molecule has 1 aliphatic rings. The van der Waals surface area contributed by atoms with Gasteiger partial charge < -0.3 is 19.7 Å². The maximum Gasteiger partial charge on any atom is 0.347 e. The Balaban J connectivity index is 2.53. The van der Waals surface area contributed by atoms with Crippen molar-refractivity contribution in [1.82, 2.24) is 5.32 Å². The largest absolute Gasteiger partial charge is 0.462 e. The van der Waals surface area contributed by atoms with Crippen molar-refractivity contribution in [3.05, 3.63) is 42.1 Å². The second kappa shape index (κ2) is 9.44. The molecule has 29 heavy (non-hydrogen) atoms. The SMILES string of the molecule is CCOC(=O)C(=CN(c1ccccc1)C1CC(C)(C)NC(C)(C)C1)C(=O)OCC. The molecular formula is C23H34N2O4. The number of esters is 2. The summed E-state index contributed by atoms with van der Waals surface area (Å²) >= 11 is 0. The predicted octanol–water partition coefficient (Wildman–Crippen LogP) is 3.81. The van der Waals surface area contributed by atoms with E-state index in [1.807, 2.05) is 35.2 Å². The topological polar surface area (TPSA) is 67.9 Å². The summed E-state index contributed by atoms with van der Waals surface area (Å²) in [5.74, 6) is -1.33. The van der Waals surface area contributed by atoms with Crippen LogP contribution in [0.15, 0.2) is 42.1 Å². The minimum atomic E-state index is -0.667. The summed E-state index contributed by atoms with van der Waals surface area (Å²) in [5.41, 5.74) is 0.631. The van der Waals surface area contributed by atoms with Gasteiger partial charge in [-0.1, -0.05) is 18.2 Å². The molecule has 160 valence electrons. The second-order valence-corrected chi connectivity index (χ2v) is 8.68. The van der Waals surface area contributed by atoms with Crippen molar-refractivity contribution in [1.29, 1.82) is 0 Å². The quantitative estimate of drug-likeness (QED) is 0.324. The summed E-state index contributed by atoms with van der Waals surface area (Å²) in [4.78, 5) is 27.1. The number of rotatable bonds is 7. The fourth-order valence-corrected chi connectivity index (χ4v) is 4.20. The lowest BCUT2D eigenvalue weighted by Gasteiger charge is -2.49. The van der Waals surface area contributed by atoms with Crippen LogP contribution in [-0.4, -0.2) is 42.3 Å². The molecule has 1 fully saturated rings. The molecule has 0 unspecified atom stereocenters. The maximum absolute atomic E-state index is 12.5. The van der Waals surface area contributed by atoms with Crippen molar-refractivity contribution in [3.63, 3.8) is 0 Å². The second-order valence-electron chi connectivity index (χ2n) is 8.68. The summed E-state index contributed by atoms with van der Waals surface area (Å²) in [6, 6.07) is 9.88. The first-order chi connectivity index (χ1) is 13.6. The van der Waals surface area contributed by atoms with Gasteiger partial charge in [-0.05, 0) is 66.5 Å². The third kappa shape index (κ3) is 6.32. The van der Waals surface area contributed by atoms with Gasteiger partial charge >= 0.3 is 11.9 Å². The first kappa shape index (κ1) is 22.9. The molecule has 2 rings (SSSR count). The molecule has 1 aliphatic heterocycles. The van der Waals surface area contributed by atoms with Gasteiger partial charge in [0, 0.05) is 29.0 Å². The van der Waals surface area contributed by atoms with Gasteiger partial charge in [-0.2, -0.15) is 0 Å². The summed E-state index contributed by atoms with van der Waals surface area (Å²) in [7, 11) is 0. The Bertz CT molecular complexity index is 705. The molecule has 0 spiro atoms. The monoisotopic (exact) mass is 402 g/mol. The van der Waals surface area contributed by atoms with Crippen LogP contribution in [0.3, 0.4) is 0 Å². The number of nitrogens with one attached hydrogen (secondary N) is 1. The number of piperidine rings is 1. The highest BCUT2D eigenvalue weighted by molar-refractivity contribution is 6.14. The van der Waals surface area contributed by atoms with E-state index in [1.165, 1.54) is 0 Å². The van der Waals surface area contributed by atoms with Gasteiger partial charge in [-0.15, -0.1) is 0 Å². The molecule has 0 bridgehead atoms. The Morgan fingerprint density at radius 3 is 1.93 bits per heavy atom. The molecule has 0 amide bonds. The minimum absolute atomic E-state index is 0.0857. The fourth-order valence-electron chi connectivity index (χ4n) is 4.20. The van der Waals surface area contributed by atoms with Crippen LogP contribution < -0.4 is 10.2 Å². The summed E-state index contributed by atoms with van der Waals surface area (Å²) in [5, 5.41) is 3.68. The minimum Gasteiger partial charge on any atom is -0.462 e. The fraction of sp³-hybridized carbons (Fsp3) is 0.565. The number of hydrogen-bond donors (Lipinski definition) is 1. The van der Waals surface area contributed by atoms with E-state index in [2.05, 4.69) is 33.0 Å². The van der Waals surface area contributed by atoms with Crippen molar-refractivity contribution in [2.24, 2.45) is 0 Å². The van der Waals surface area contributed by atoms with Crippen LogP contribution >= 0.6 is 0 Å². The van der Waals surface area contributed by atoms with Gasteiger partial charge in [-0.25, -0.2) is 9.59 Å². The van der Waals surface area contributed by atoms with Crippen molar-refractivity contribution in [2.75, 3.05) is 18.1 Å². The van der Waals surface area contributed by atoms with Gasteiger partial charge in [-0.3, -0.25) is 0 Å². The number of benzene rings is 1. The van der Waals surface area contributed by atoms with Crippen LogP contribution in [0.25, 0.3) is 0 Å². The van der Waals surface area contributed by atoms with Gasteiger partial charge in [0.05, 0.1) is 13.2 Å². The zero-order valence-electron chi connectivity index (χ0n) is 18.5. The first-order valence-corrected chi connectivity index (χ1v) is 10.3. The first-order valence-electron chi connectivity index (χ1n) is 10.3. The van der Waals surface area contributed by atoms with E-state index in [-0.39, 0.29) is 35.9 Å². The maximum atomic E-state index is 12.5. The summed E-state index contributed by atoms with van der Waals surface area (Å²) in [6.07, 6.45) is 3.30. The average Bonchev–Trinajstić information content (AvgIpc) is 2.60. The molecule has 6 heteroatoms. The number of para-hydroxylation sites is 1. The Kier molecular flexibility index (Phi) is 7.47.